The Labute approximate surface area is 236 Å². The Morgan fingerprint density at radius 2 is 2.02 bits per heavy atom. The largest absolute Gasteiger partial charge is 0.415 e. The number of carbonyl (C=O) groups excluding carboxylic acids is 2. The monoisotopic (exact) mass is 595 g/mol. The van der Waals surface area contributed by atoms with Crippen molar-refractivity contribution >= 4 is 34.8 Å². The summed E-state index contributed by atoms with van der Waals surface area (Å²) in [6.07, 6.45) is 4.64. The van der Waals surface area contributed by atoms with Gasteiger partial charge in [0.05, 0.1) is 5.56 Å². The Morgan fingerprint density at radius 1 is 1.24 bits per heavy atom. The lowest BCUT2D eigenvalue weighted by atomic mass is 9.77. The summed E-state index contributed by atoms with van der Waals surface area (Å²) in [7, 11) is 1.57. The van der Waals surface area contributed by atoms with Gasteiger partial charge in [-0.25, -0.2) is 13.5 Å². The van der Waals surface area contributed by atoms with Gasteiger partial charge in [0.15, 0.2) is 0 Å². The van der Waals surface area contributed by atoms with Gasteiger partial charge >= 0.3 is 6.61 Å². The second kappa shape index (κ2) is 10.7. The summed E-state index contributed by atoms with van der Waals surface area (Å²) in [5, 5.41) is 18.2. The van der Waals surface area contributed by atoms with Gasteiger partial charge in [-0.15, -0.1) is 26.6 Å². The molecule has 2 N–H and O–H groups in total. The average Bonchev–Trinajstić information content (AvgIpc) is 3.34. The lowest BCUT2D eigenvalue weighted by Gasteiger charge is -2.33. The van der Waals surface area contributed by atoms with Crippen molar-refractivity contribution in [2.45, 2.75) is 69.9 Å². The standard InChI is InChI=1S/C26H29F4N7O3S/c1-36-20(8-21(35-36)40-24(27)28)33-25-34-32-12-37(25)15-4-5-18-16(6-15)22(23(39)31-11-13-2-3-13)19(41-18)7-17(38)14-9-26(29,30)10-14/h8,12-15,24H,2-7,9-11H2,1H3,(H,31,39)(H,33,34)/t15-/m0/s1. The number of ether oxygens (including phenoxy) is 1. The molecule has 15 heteroatoms. The topological polar surface area (TPSA) is 116 Å². The normalized spacial score (nSPS) is 20.0. The van der Waals surface area contributed by atoms with Gasteiger partial charge in [0.2, 0.25) is 17.8 Å². The Kier molecular flexibility index (Phi) is 7.24. The molecule has 2 fully saturated rings. The molecule has 3 aliphatic rings. The summed E-state index contributed by atoms with van der Waals surface area (Å²) >= 11 is 1.42. The zero-order valence-electron chi connectivity index (χ0n) is 22.2. The number of carbonyl (C=O) groups is 2. The van der Waals surface area contributed by atoms with E-state index in [1.807, 2.05) is 4.57 Å². The van der Waals surface area contributed by atoms with Crippen molar-refractivity contribution < 1.29 is 31.9 Å². The first-order valence-corrected chi connectivity index (χ1v) is 14.4. The van der Waals surface area contributed by atoms with Gasteiger partial charge < -0.3 is 15.4 Å². The highest BCUT2D eigenvalue weighted by Gasteiger charge is 2.48. The first kappa shape index (κ1) is 27.7. The molecule has 3 aliphatic carbocycles. The minimum Gasteiger partial charge on any atom is -0.415 e. The van der Waals surface area contributed by atoms with Crippen molar-refractivity contribution in [3.63, 3.8) is 0 Å². The number of hydrogen-bond donors (Lipinski definition) is 2. The van der Waals surface area contributed by atoms with E-state index in [9.17, 15) is 27.2 Å². The third kappa shape index (κ3) is 5.95. The molecule has 220 valence electrons. The first-order chi connectivity index (χ1) is 19.6. The van der Waals surface area contributed by atoms with Crippen LogP contribution < -0.4 is 15.4 Å². The SMILES string of the molecule is Cn1nc(OC(F)F)cc1Nc1nncn1[C@H]1CCc2sc(CC(=O)C3CC(F)(F)C3)c(C(=O)NCC3CC3)c2C1. The number of hydrogen-bond acceptors (Lipinski definition) is 8. The average molecular weight is 596 g/mol. The number of nitrogens with one attached hydrogen (secondary N) is 2. The molecule has 1 amide bonds. The van der Waals surface area contributed by atoms with Gasteiger partial charge in [-0.3, -0.25) is 14.2 Å². The molecule has 10 nitrogen and oxygen atoms in total. The van der Waals surface area contributed by atoms with Crippen molar-refractivity contribution in [2.75, 3.05) is 11.9 Å². The number of fused-ring (bicyclic) bond motifs is 1. The van der Waals surface area contributed by atoms with E-state index in [-0.39, 0.29) is 30.0 Å². The zero-order valence-corrected chi connectivity index (χ0v) is 23.0. The van der Waals surface area contributed by atoms with E-state index in [1.165, 1.54) is 22.1 Å². The fraction of sp³-hybridized carbons (Fsp3) is 0.577. The van der Waals surface area contributed by atoms with Gasteiger partial charge in [0.1, 0.15) is 17.9 Å². The Bertz CT molecular complexity index is 1460. The predicted molar refractivity (Wildman–Crippen MR) is 140 cm³/mol. The van der Waals surface area contributed by atoms with Gasteiger partial charge in [-0.1, -0.05) is 0 Å². The summed E-state index contributed by atoms with van der Waals surface area (Å²) in [6, 6.07) is 1.19. The highest BCUT2D eigenvalue weighted by atomic mass is 32.1. The van der Waals surface area contributed by atoms with E-state index in [4.69, 9.17) is 0 Å². The summed E-state index contributed by atoms with van der Waals surface area (Å²) < 4.78 is 59.6. The van der Waals surface area contributed by atoms with Crippen LogP contribution in [0.2, 0.25) is 0 Å². The van der Waals surface area contributed by atoms with Crippen molar-refractivity contribution in [3.8, 4) is 5.88 Å². The van der Waals surface area contributed by atoms with E-state index in [1.54, 1.807) is 13.4 Å². The number of ketones is 1. The number of alkyl halides is 4. The van der Waals surface area contributed by atoms with Crippen LogP contribution in [0.15, 0.2) is 12.4 Å². The van der Waals surface area contributed by atoms with Crippen LogP contribution in [-0.2, 0) is 31.1 Å². The Hall–Kier alpha value is -3.49. The predicted octanol–water partition coefficient (Wildman–Crippen LogP) is 4.44. The van der Waals surface area contributed by atoms with Crippen LogP contribution in [-0.4, -0.2) is 55.3 Å². The molecule has 0 bridgehead atoms. The molecular weight excluding hydrogens is 566 g/mol. The first-order valence-electron chi connectivity index (χ1n) is 13.5. The zero-order chi connectivity index (χ0) is 28.9. The van der Waals surface area contributed by atoms with Crippen molar-refractivity contribution in [2.24, 2.45) is 18.9 Å². The summed E-state index contributed by atoms with van der Waals surface area (Å²) in [6.45, 7) is -2.44. The van der Waals surface area contributed by atoms with Gasteiger partial charge in [-0.05, 0) is 43.6 Å². The molecule has 0 saturated heterocycles. The minimum atomic E-state index is -3.01. The number of thiophene rings is 1. The molecule has 0 unspecified atom stereocenters. The third-order valence-corrected chi connectivity index (χ3v) is 9.23. The second-order valence-corrected chi connectivity index (χ2v) is 12.2. The molecule has 3 heterocycles. The van der Waals surface area contributed by atoms with Crippen molar-refractivity contribution in [3.05, 3.63) is 33.3 Å². The summed E-state index contributed by atoms with van der Waals surface area (Å²) in [5.41, 5.74) is 1.34. The fourth-order valence-electron chi connectivity index (χ4n) is 5.51. The second-order valence-electron chi connectivity index (χ2n) is 11.0. The molecule has 1 atom stereocenters. The van der Waals surface area contributed by atoms with E-state index < -0.39 is 31.3 Å². The number of rotatable bonds is 11. The van der Waals surface area contributed by atoms with E-state index >= 15 is 0 Å². The minimum absolute atomic E-state index is 0.0296. The quantitative estimate of drug-likeness (QED) is 0.315. The summed E-state index contributed by atoms with van der Waals surface area (Å²) in [5.74, 6) is -3.00. The molecule has 3 aromatic heterocycles. The molecule has 2 saturated carbocycles. The highest BCUT2D eigenvalue weighted by molar-refractivity contribution is 7.12. The van der Waals surface area contributed by atoms with Gasteiger partial charge in [-0.2, -0.15) is 8.78 Å². The van der Waals surface area contributed by atoms with E-state index in [0.29, 0.717) is 53.9 Å². The molecule has 0 radical (unpaired) electrons. The number of aromatic nitrogens is 5. The molecule has 0 aliphatic heterocycles. The maximum Gasteiger partial charge on any atom is 0.388 e. The van der Waals surface area contributed by atoms with Crippen molar-refractivity contribution in [1.29, 1.82) is 0 Å². The van der Waals surface area contributed by atoms with Crippen LogP contribution in [0.3, 0.4) is 0 Å². The van der Waals surface area contributed by atoms with E-state index in [0.717, 1.165) is 23.3 Å². The Balaban J connectivity index is 1.23. The molecule has 0 aromatic carbocycles. The van der Waals surface area contributed by atoms with Crippen LogP contribution in [0.4, 0.5) is 29.3 Å². The smallest absolute Gasteiger partial charge is 0.388 e. The molecular formula is C26H29F4N7O3S. The number of anilines is 2. The van der Waals surface area contributed by atoms with Crippen LogP contribution in [0.5, 0.6) is 5.88 Å². The fourth-order valence-corrected chi connectivity index (χ4v) is 6.87. The maximum atomic E-state index is 13.4. The number of nitrogens with zero attached hydrogens (tertiary/aromatic N) is 5. The Morgan fingerprint density at radius 3 is 2.73 bits per heavy atom. The third-order valence-electron chi connectivity index (χ3n) is 7.94. The maximum absolute atomic E-state index is 13.4. The van der Waals surface area contributed by atoms with Gasteiger partial charge in [0, 0.05) is 60.6 Å². The van der Waals surface area contributed by atoms with Crippen LogP contribution in [0.25, 0.3) is 0 Å². The number of halogens is 4. The van der Waals surface area contributed by atoms with Crippen molar-refractivity contribution in [1.82, 2.24) is 29.9 Å². The van der Waals surface area contributed by atoms with Crippen LogP contribution >= 0.6 is 11.3 Å². The lowest BCUT2D eigenvalue weighted by molar-refractivity contribution is -0.147. The lowest BCUT2D eigenvalue weighted by Crippen LogP contribution is -2.40. The van der Waals surface area contributed by atoms with Crippen LogP contribution in [0, 0.1) is 11.8 Å². The summed E-state index contributed by atoms with van der Waals surface area (Å²) in [4.78, 5) is 27.9. The molecule has 6 rings (SSSR count). The number of amides is 1. The number of aryl methyl sites for hydroxylation is 2. The molecule has 3 aromatic rings. The van der Waals surface area contributed by atoms with E-state index in [2.05, 4.69) is 30.7 Å². The number of Topliss-reactive ketones (excluding diaryl/α,β-unsaturated/α-hetero) is 1. The molecule has 41 heavy (non-hydrogen) atoms. The molecule has 0 spiro atoms. The van der Waals surface area contributed by atoms with Gasteiger partial charge in [0.25, 0.3) is 5.91 Å². The highest BCUT2D eigenvalue weighted by Crippen LogP contribution is 2.45. The van der Waals surface area contributed by atoms with Crippen LogP contribution in [0.1, 0.15) is 63.8 Å².